The molecule has 2 nitrogen and oxygen atoms in total. The molecule has 0 amide bonds. The molecule has 1 unspecified atom stereocenters. The summed E-state index contributed by atoms with van der Waals surface area (Å²) in [6.45, 7) is 11.4. The molecule has 0 spiro atoms. The SMILES string of the molecule is CC(CO)CCCNCCC(C)(C)C. The van der Waals surface area contributed by atoms with Gasteiger partial charge in [-0.2, -0.15) is 0 Å². The predicted octanol–water partition coefficient (Wildman–Crippen LogP) is 2.42. The highest BCUT2D eigenvalue weighted by atomic mass is 16.3. The van der Waals surface area contributed by atoms with Crippen molar-refractivity contribution in [3.05, 3.63) is 0 Å². The lowest BCUT2D eigenvalue weighted by Gasteiger charge is -2.18. The van der Waals surface area contributed by atoms with Crippen molar-refractivity contribution >= 4 is 0 Å². The van der Waals surface area contributed by atoms with E-state index < -0.39 is 0 Å². The summed E-state index contributed by atoms with van der Waals surface area (Å²) in [6.07, 6.45) is 3.52. The molecule has 0 heterocycles. The zero-order valence-electron chi connectivity index (χ0n) is 10.3. The van der Waals surface area contributed by atoms with E-state index in [0.29, 0.717) is 17.9 Å². The molecule has 0 saturated heterocycles. The molecule has 2 N–H and O–H groups in total. The topological polar surface area (TPSA) is 32.3 Å². The van der Waals surface area contributed by atoms with Gasteiger partial charge >= 0.3 is 0 Å². The molecule has 0 fully saturated rings. The lowest BCUT2D eigenvalue weighted by Crippen LogP contribution is -2.22. The standard InChI is InChI=1S/C12H27NO/c1-11(10-14)6-5-8-13-9-7-12(2,3)4/h11,13-14H,5-10H2,1-4H3. The minimum absolute atomic E-state index is 0.321. The van der Waals surface area contributed by atoms with Gasteiger partial charge in [0.2, 0.25) is 0 Å². The van der Waals surface area contributed by atoms with Gasteiger partial charge in [-0.05, 0) is 43.7 Å². The average molecular weight is 201 g/mol. The van der Waals surface area contributed by atoms with Gasteiger partial charge in [0, 0.05) is 6.61 Å². The molecule has 2 heteroatoms. The lowest BCUT2D eigenvalue weighted by molar-refractivity contribution is 0.228. The summed E-state index contributed by atoms with van der Waals surface area (Å²) in [5, 5.41) is 12.3. The quantitative estimate of drug-likeness (QED) is 0.620. The number of aliphatic hydroxyl groups excluding tert-OH is 1. The fourth-order valence-corrected chi connectivity index (χ4v) is 1.26. The number of rotatable bonds is 7. The molecule has 0 aromatic rings. The summed E-state index contributed by atoms with van der Waals surface area (Å²) in [5.41, 5.74) is 0.436. The molecule has 0 bridgehead atoms. The maximum atomic E-state index is 8.82. The second kappa shape index (κ2) is 7.24. The largest absolute Gasteiger partial charge is 0.396 e. The summed E-state index contributed by atoms with van der Waals surface area (Å²) in [4.78, 5) is 0. The number of hydrogen-bond acceptors (Lipinski definition) is 2. The first-order chi connectivity index (χ1) is 6.45. The Kier molecular flexibility index (Phi) is 7.20. The first kappa shape index (κ1) is 13.9. The van der Waals surface area contributed by atoms with Gasteiger partial charge in [0.1, 0.15) is 0 Å². The Bertz CT molecular complexity index is 129. The molecule has 1 atom stereocenters. The van der Waals surface area contributed by atoms with Crippen LogP contribution < -0.4 is 5.32 Å². The van der Waals surface area contributed by atoms with E-state index in [1.807, 2.05) is 0 Å². The van der Waals surface area contributed by atoms with E-state index in [2.05, 4.69) is 33.0 Å². The Labute approximate surface area is 89.1 Å². The van der Waals surface area contributed by atoms with Gasteiger partial charge in [-0.15, -0.1) is 0 Å². The van der Waals surface area contributed by atoms with Crippen LogP contribution in [-0.4, -0.2) is 24.8 Å². The van der Waals surface area contributed by atoms with Gasteiger partial charge in [0.25, 0.3) is 0 Å². The Morgan fingerprint density at radius 2 is 1.86 bits per heavy atom. The van der Waals surface area contributed by atoms with Crippen molar-refractivity contribution in [3.63, 3.8) is 0 Å². The monoisotopic (exact) mass is 201 g/mol. The third-order valence-corrected chi connectivity index (χ3v) is 2.41. The third-order valence-electron chi connectivity index (χ3n) is 2.41. The maximum absolute atomic E-state index is 8.82. The van der Waals surface area contributed by atoms with Gasteiger partial charge in [-0.1, -0.05) is 27.7 Å². The van der Waals surface area contributed by atoms with E-state index in [4.69, 9.17) is 5.11 Å². The minimum Gasteiger partial charge on any atom is -0.396 e. The number of hydrogen-bond donors (Lipinski definition) is 2. The summed E-state index contributed by atoms with van der Waals surface area (Å²) < 4.78 is 0. The Morgan fingerprint density at radius 1 is 1.21 bits per heavy atom. The minimum atomic E-state index is 0.321. The number of nitrogens with one attached hydrogen (secondary N) is 1. The van der Waals surface area contributed by atoms with Crippen molar-refractivity contribution < 1.29 is 5.11 Å². The second-order valence-corrected chi connectivity index (χ2v) is 5.49. The van der Waals surface area contributed by atoms with E-state index in [1.54, 1.807) is 0 Å². The molecule has 0 aliphatic heterocycles. The van der Waals surface area contributed by atoms with Crippen LogP contribution in [-0.2, 0) is 0 Å². The van der Waals surface area contributed by atoms with Crippen LogP contribution in [0.15, 0.2) is 0 Å². The maximum Gasteiger partial charge on any atom is 0.0456 e. The van der Waals surface area contributed by atoms with Gasteiger partial charge in [-0.25, -0.2) is 0 Å². The van der Waals surface area contributed by atoms with Gasteiger partial charge in [-0.3, -0.25) is 0 Å². The van der Waals surface area contributed by atoms with Gasteiger partial charge < -0.3 is 10.4 Å². The average Bonchev–Trinajstić information content (AvgIpc) is 2.08. The first-order valence-electron chi connectivity index (χ1n) is 5.77. The fraction of sp³-hybridized carbons (Fsp3) is 1.00. The van der Waals surface area contributed by atoms with E-state index in [0.717, 1.165) is 19.5 Å². The predicted molar refractivity (Wildman–Crippen MR) is 62.4 cm³/mol. The third kappa shape index (κ3) is 10.0. The fourth-order valence-electron chi connectivity index (χ4n) is 1.26. The molecule has 0 aliphatic rings. The molecular formula is C12H27NO. The summed E-state index contributed by atoms with van der Waals surface area (Å²) >= 11 is 0. The van der Waals surface area contributed by atoms with Crippen LogP contribution in [0.4, 0.5) is 0 Å². The molecule has 0 saturated carbocycles. The normalized spacial score (nSPS) is 14.4. The van der Waals surface area contributed by atoms with Crippen molar-refractivity contribution in [2.45, 2.75) is 47.0 Å². The Hall–Kier alpha value is -0.0800. The molecule has 0 rings (SSSR count). The lowest BCUT2D eigenvalue weighted by atomic mass is 9.92. The van der Waals surface area contributed by atoms with Crippen LogP contribution in [0.2, 0.25) is 0 Å². The van der Waals surface area contributed by atoms with Crippen LogP contribution in [0.5, 0.6) is 0 Å². The van der Waals surface area contributed by atoms with E-state index in [9.17, 15) is 0 Å². The molecule has 0 radical (unpaired) electrons. The molecule has 0 aromatic heterocycles. The smallest absolute Gasteiger partial charge is 0.0456 e. The van der Waals surface area contributed by atoms with E-state index >= 15 is 0 Å². The van der Waals surface area contributed by atoms with Gasteiger partial charge in [0.05, 0.1) is 0 Å². The molecular weight excluding hydrogens is 174 g/mol. The van der Waals surface area contributed by atoms with Crippen LogP contribution in [0.3, 0.4) is 0 Å². The van der Waals surface area contributed by atoms with E-state index in [-0.39, 0.29) is 0 Å². The summed E-state index contributed by atoms with van der Waals surface area (Å²) in [6, 6.07) is 0. The zero-order chi connectivity index (χ0) is 11.0. The van der Waals surface area contributed by atoms with Crippen molar-refractivity contribution in [2.75, 3.05) is 19.7 Å². The molecule has 0 aromatic carbocycles. The second-order valence-electron chi connectivity index (χ2n) is 5.49. The molecule has 14 heavy (non-hydrogen) atoms. The van der Waals surface area contributed by atoms with Gasteiger partial charge in [0.15, 0.2) is 0 Å². The summed E-state index contributed by atoms with van der Waals surface area (Å²) in [7, 11) is 0. The highest BCUT2D eigenvalue weighted by Gasteiger charge is 2.08. The van der Waals surface area contributed by atoms with Crippen LogP contribution in [0.25, 0.3) is 0 Å². The Morgan fingerprint density at radius 3 is 2.36 bits per heavy atom. The number of aliphatic hydroxyl groups is 1. The zero-order valence-corrected chi connectivity index (χ0v) is 10.3. The van der Waals surface area contributed by atoms with E-state index in [1.165, 1.54) is 12.8 Å². The molecule has 0 aliphatic carbocycles. The van der Waals surface area contributed by atoms with Crippen LogP contribution >= 0.6 is 0 Å². The Balaban J connectivity index is 3.14. The highest BCUT2D eigenvalue weighted by molar-refractivity contribution is 4.63. The first-order valence-corrected chi connectivity index (χ1v) is 5.77. The highest BCUT2D eigenvalue weighted by Crippen LogP contribution is 2.16. The van der Waals surface area contributed by atoms with Crippen LogP contribution in [0, 0.1) is 11.3 Å². The van der Waals surface area contributed by atoms with Crippen molar-refractivity contribution in [1.29, 1.82) is 0 Å². The van der Waals surface area contributed by atoms with Crippen molar-refractivity contribution in [3.8, 4) is 0 Å². The van der Waals surface area contributed by atoms with Crippen molar-refractivity contribution in [2.24, 2.45) is 11.3 Å². The van der Waals surface area contributed by atoms with Crippen molar-refractivity contribution in [1.82, 2.24) is 5.32 Å². The summed E-state index contributed by atoms with van der Waals surface area (Å²) in [5.74, 6) is 0.458. The molecule has 86 valence electrons. The van der Waals surface area contributed by atoms with Crippen LogP contribution in [0.1, 0.15) is 47.0 Å².